The Labute approximate surface area is 116 Å². The van der Waals surface area contributed by atoms with Gasteiger partial charge in [0, 0.05) is 6.42 Å². The van der Waals surface area contributed by atoms with E-state index < -0.39 is 12.1 Å². The summed E-state index contributed by atoms with van der Waals surface area (Å²) in [4.78, 5) is 10.5. The largest absolute Gasteiger partial charge is 0.508 e. The van der Waals surface area contributed by atoms with E-state index in [9.17, 15) is 15.0 Å². The Kier molecular flexibility index (Phi) is 4.38. The van der Waals surface area contributed by atoms with E-state index in [1.165, 1.54) is 0 Å². The van der Waals surface area contributed by atoms with Crippen LogP contribution in [0.5, 0.6) is 5.75 Å². The van der Waals surface area contributed by atoms with Crippen LogP contribution in [0.4, 0.5) is 0 Å². The lowest BCUT2D eigenvalue weighted by atomic mass is 10.00. The number of hydrogen-bond donors (Lipinski definition) is 3. The highest BCUT2D eigenvalue weighted by Gasteiger charge is 2.10. The van der Waals surface area contributed by atoms with Gasteiger partial charge in [0.1, 0.15) is 5.75 Å². The molecule has 0 saturated heterocycles. The van der Waals surface area contributed by atoms with Crippen LogP contribution in [0.3, 0.4) is 0 Å². The van der Waals surface area contributed by atoms with Crippen molar-refractivity contribution in [2.45, 2.75) is 18.9 Å². The molecule has 1 unspecified atom stereocenters. The summed E-state index contributed by atoms with van der Waals surface area (Å²) in [6.07, 6.45) is -0.616. The molecule has 20 heavy (non-hydrogen) atoms. The first kappa shape index (κ1) is 14.1. The lowest BCUT2D eigenvalue weighted by Gasteiger charge is -2.10. The van der Waals surface area contributed by atoms with Crippen LogP contribution >= 0.6 is 0 Å². The second-order valence-corrected chi connectivity index (χ2v) is 4.62. The van der Waals surface area contributed by atoms with Crippen molar-refractivity contribution >= 4 is 5.97 Å². The van der Waals surface area contributed by atoms with Crippen LogP contribution in [0.2, 0.25) is 0 Å². The molecule has 0 heterocycles. The predicted octanol–water partition coefficient (Wildman–Crippen LogP) is 2.96. The van der Waals surface area contributed by atoms with Crippen LogP contribution in [-0.4, -0.2) is 21.3 Å². The SMILES string of the molecule is O=C(O)CCC(O)c1ccc(-c2ccc(O)cc2)cc1. The number of phenols is 1. The minimum atomic E-state index is -0.912. The van der Waals surface area contributed by atoms with Gasteiger partial charge in [0.2, 0.25) is 0 Å². The minimum Gasteiger partial charge on any atom is -0.508 e. The summed E-state index contributed by atoms with van der Waals surface area (Å²) in [7, 11) is 0. The fourth-order valence-electron chi connectivity index (χ4n) is 1.98. The van der Waals surface area contributed by atoms with E-state index in [4.69, 9.17) is 5.11 Å². The van der Waals surface area contributed by atoms with Crippen LogP contribution in [-0.2, 0) is 4.79 Å². The zero-order valence-electron chi connectivity index (χ0n) is 10.9. The summed E-state index contributed by atoms with van der Waals surface area (Å²) in [5.41, 5.74) is 2.64. The van der Waals surface area contributed by atoms with Gasteiger partial charge < -0.3 is 15.3 Å². The maximum atomic E-state index is 10.5. The summed E-state index contributed by atoms with van der Waals surface area (Å²) in [5, 5.41) is 27.7. The number of aliphatic hydroxyl groups is 1. The molecule has 0 fully saturated rings. The van der Waals surface area contributed by atoms with Gasteiger partial charge in [0.05, 0.1) is 6.10 Å². The number of aliphatic carboxylic acids is 1. The first-order chi connectivity index (χ1) is 9.56. The van der Waals surface area contributed by atoms with Crippen LogP contribution in [0, 0.1) is 0 Å². The van der Waals surface area contributed by atoms with E-state index in [1.807, 2.05) is 24.3 Å². The number of carboxylic acid groups (broad SMARTS) is 1. The minimum absolute atomic E-state index is 0.0547. The van der Waals surface area contributed by atoms with Crippen molar-refractivity contribution < 1.29 is 20.1 Å². The van der Waals surface area contributed by atoms with Crippen molar-refractivity contribution in [2.75, 3.05) is 0 Å². The lowest BCUT2D eigenvalue weighted by Crippen LogP contribution is -2.02. The molecule has 0 bridgehead atoms. The fourth-order valence-corrected chi connectivity index (χ4v) is 1.98. The van der Waals surface area contributed by atoms with Crippen molar-refractivity contribution in [3.8, 4) is 16.9 Å². The normalized spacial score (nSPS) is 12.1. The van der Waals surface area contributed by atoms with Crippen LogP contribution in [0.15, 0.2) is 48.5 Å². The van der Waals surface area contributed by atoms with Crippen molar-refractivity contribution in [3.05, 3.63) is 54.1 Å². The molecule has 0 amide bonds. The Hall–Kier alpha value is -2.33. The number of benzene rings is 2. The lowest BCUT2D eigenvalue weighted by molar-refractivity contribution is -0.137. The van der Waals surface area contributed by atoms with Gasteiger partial charge >= 0.3 is 5.97 Å². The van der Waals surface area contributed by atoms with E-state index in [0.29, 0.717) is 5.56 Å². The predicted molar refractivity (Wildman–Crippen MR) is 75.4 cm³/mol. The van der Waals surface area contributed by atoms with Gasteiger partial charge in [-0.3, -0.25) is 4.79 Å². The molecule has 0 spiro atoms. The Bertz CT molecular complexity index is 572. The highest BCUT2D eigenvalue weighted by Crippen LogP contribution is 2.25. The number of hydrogen-bond acceptors (Lipinski definition) is 3. The molecule has 1 atom stereocenters. The summed E-state index contributed by atoms with van der Waals surface area (Å²) in [6, 6.07) is 14.2. The molecular formula is C16H16O4. The van der Waals surface area contributed by atoms with Crippen LogP contribution < -0.4 is 0 Å². The van der Waals surface area contributed by atoms with Gasteiger partial charge in [-0.25, -0.2) is 0 Å². The van der Waals surface area contributed by atoms with Crippen molar-refractivity contribution in [1.29, 1.82) is 0 Å². The summed E-state index contributed by atoms with van der Waals surface area (Å²) < 4.78 is 0. The average molecular weight is 272 g/mol. The Balaban J connectivity index is 2.09. The van der Waals surface area contributed by atoms with Crippen molar-refractivity contribution in [2.24, 2.45) is 0 Å². The van der Waals surface area contributed by atoms with E-state index in [2.05, 4.69) is 0 Å². The molecule has 0 aliphatic rings. The quantitative estimate of drug-likeness (QED) is 0.782. The van der Waals surface area contributed by atoms with E-state index >= 15 is 0 Å². The third kappa shape index (κ3) is 3.59. The number of carboxylic acids is 1. The molecule has 2 aromatic carbocycles. The van der Waals surface area contributed by atoms with Crippen molar-refractivity contribution in [3.63, 3.8) is 0 Å². The molecule has 4 heteroatoms. The molecule has 0 aliphatic heterocycles. The second-order valence-electron chi connectivity index (χ2n) is 4.62. The first-order valence-electron chi connectivity index (χ1n) is 6.35. The van der Waals surface area contributed by atoms with Gasteiger partial charge in [-0.1, -0.05) is 36.4 Å². The van der Waals surface area contributed by atoms with Gasteiger partial charge in [-0.15, -0.1) is 0 Å². The molecule has 3 N–H and O–H groups in total. The maximum absolute atomic E-state index is 10.5. The van der Waals surface area contributed by atoms with Gasteiger partial charge in [0.25, 0.3) is 0 Å². The Morgan fingerprint density at radius 2 is 1.45 bits per heavy atom. The maximum Gasteiger partial charge on any atom is 0.303 e. The molecule has 0 saturated carbocycles. The monoisotopic (exact) mass is 272 g/mol. The summed E-state index contributed by atoms with van der Waals surface area (Å²) in [6.45, 7) is 0. The third-order valence-corrected chi connectivity index (χ3v) is 3.13. The van der Waals surface area contributed by atoms with E-state index in [0.717, 1.165) is 11.1 Å². The molecule has 2 rings (SSSR count). The molecule has 104 valence electrons. The highest BCUT2D eigenvalue weighted by atomic mass is 16.4. The second kappa shape index (κ2) is 6.21. The highest BCUT2D eigenvalue weighted by molar-refractivity contribution is 5.67. The first-order valence-corrected chi connectivity index (χ1v) is 6.35. The summed E-state index contributed by atoms with van der Waals surface area (Å²) >= 11 is 0. The number of rotatable bonds is 5. The van der Waals surface area contributed by atoms with E-state index in [1.54, 1.807) is 24.3 Å². The number of aliphatic hydroxyl groups excluding tert-OH is 1. The zero-order chi connectivity index (χ0) is 14.5. The van der Waals surface area contributed by atoms with Crippen molar-refractivity contribution in [1.82, 2.24) is 0 Å². The van der Waals surface area contributed by atoms with Gasteiger partial charge in [-0.2, -0.15) is 0 Å². The standard InChI is InChI=1S/C16H16O4/c17-14-7-5-12(6-8-14)11-1-3-13(4-2-11)15(18)9-10-16(19)20/h1-8,15,17-18H,9-10H2,(H,19,20). The topological polar surface area (TPSA) is 77.8 Å². The molecule has 2 aromatic rings. The third-order valence-electron chi connectivity index (χ3n) is 3.13. The molecular weight excluding hydrogens is 256 g/mol. The fraction of sp³-hybridized carbons (Fsp3) is 0.188. The Morgan fingerprint density at radius 1 is 0.950 bits per heavy atom. The van der Waals surface area contributed by atoms with E-state index in [-0.39, 0.29) is 18.6 Å². The molecule has 4 nitrogen and oxygen atoms in total. The number of aromatic hydroxyl groups is 1. The average Bonchev–Trinajstić information content (AvgIpc) is 2.46. The van der Waals surface area contributed by atoms with Crippen LogP contribution in [0.25, 0.3) is 11.1 Å². The van der Waals surface area contributed by atoms with Gasteiger partial charge in [0.15, 0.2) is 0 Å². The van der Waals surface area contributed by atoms with Gasteiger partial charge in [-0.05, 0) is 35.2 Å². The number of carbonyl (C=O) groups is 1. The summed E-state index contributed by atoms with van der Waals surface area (Å²) in [5.74, 6) is -0.695. The molecule has 0 radical (unpaired) electrons. The van der Waals surface area contributed by atoms with Crippen LogP contribution in [0.1, 0.15) is 24.5 Å². The number of phenolic OH excluding ortho intramolecular Hbond substituents is 1. The molecule has 0 aliphatic carbocycles. The molecule has 0 aromatic heterocycles. The smallest absolute Gasteiger partial charge is 0.303 e. The Morgan fingerprint density at radius 3 is 1.95 bits per heavy atom. The zero-order valence-corrected chi connectivity index (χ0v) is 10.9.